The first-order valence-corrected chi connectivity index (χ1v) is 4.77. The highest BCUT2D eigenvalue weighted by molar-refractivity contribution is 5.84. The number of halogens is 1. The molecule has 0 aliphatic carbocycles. The van der Waals surface area contributed by atoms with E-state index in [1.54, 1.807) is 0 Å². The lowest BCUT2D eigenvalue weighted by molar-refractivity contribution is 0.147. The predicted octanol–water partition coefficient (Wildman–Crippen LogP) is 3.03. The lowest BCUT2D eigenvalue weighted by atomic mass is 10.2. The predicted molar refractivity (Wildman–Crippen MR) is 56.2 cm³/mol. The minimum absolute atomic E-state index is 0.295. The Labute approximate surface area is 88.2 Å². The first-order valence-electron chi connectivity index (χ1n) is 4.77. The Balaban J connectivity index is 2.41. The zero-order valence-electron chi connectivity index (χ0n) is 8.79. The van der Waals surface area contributed by atoms with E-state index >= 15 is 0 Å². The number of hydrogen-bond donors (Lipinski definition) is 1. The molecule has 0 atom stereocenters. The summed E-state index contributed by atoms with van der Waals surface area (Å²) in [5.41, 5.74) is 0.519. The van der Waals surface area contributed by atoms with Gasteiger partial charge >= 0.3 is 6.09 Å². The van der Waals surface area contributed by atoms with Crippen molar-refractivity contribution in [3.05, 3.63) is 30.1 Å². The van der Waals surface area contributed by atoms with Crippen molar-refractivity contribution in [2.45, 2.75) is 13.8 Å². The van der Waals surface area contributed by atoms with Crippen molar-refractivity contribution in [3.63, 3.8) is 0 Å². The maximum absolute atomic E-state index is 12.5. The van der Waals surface area contributed by atoms with Crippen LogP contribution >= 0.6 is 0 Å². The number of carbonyl (C=O) groups excluding carboxylic acids is 1. The first-order chi connectivity index (χ1) is 7.08. The van der Waals surface area contributed by atoms with Crippen LogP contribution in [0.4, 0.5) is 14.9 Å². The summed E-state index contributed by atoms with van der Waals surface area (Å²) < 4.78 is 17.4. The van der Waals surface area contributed by atoms with E-state index in [9.17, 15) is 9.18 Å². The Bertz CT molecular complexity index is 322. The summed E-state index contributed by atoms with van der Waals surface area (Å²) in [4.78, 5) is 11.2. The van der Waals surface area contributed by atoms with Crippen LogP contribution < -0.4 is 5.32 Å². The lowest BCUT2D eigenvalue weighted by Crippen LogP contribution is -2.16. The summed E-state index contributed by atoms with van der Waals surface area (Å²) in [6.45, 7) is 4.27. The molecule has 0 radical (unpaired) electrons. The SMILES string of the molecule is CC(C)COC(=O)Nc1ccc(F)cc1. The highest BCUT2D eigenvalue weighted by atomic mass is 19.1. The van der Waals surface area contributed by atoms with Gasteiger partial charge in [-0.2, -0.15) is 0 Å². The Hall–Kier alpha value is -1.58. The van der Waals surface area contributed by atoms with Crippen LogP contribution in [0.15, 0.2) is 24.3 Å². The molecule has 82 valence electrons. The number of hydrogen-bond acceptors (Lipinski definition) is 2. The molecular formula is C11H14FNO2. The molecule has 0 bridgehead atoms. The summed E-state index contributed by atoms with van der Waals surface area (Å²) in [5, 5.41) is 2.50. The zero-order valence-corrected chi connectivity index (χ0v) is 8.79. The average Bonchev–Trinajstić information content (AvgIpc) is 2.19. The Morgan fingerprint density at radius 1 is 1.40 bits per heavy atom. The number of nitrogens with one attached hydrogen (secondary N) is 1. The van der Waals surface area contributed by atoms with Crippen LogP contribution in [0, 0.1) is 11.7 Å². The molecule has 1 N–H and O–H groups in total. The topological polar surface area (TPSA) is 38.3 Å². The molecule has 0 aliphatic rings. The molecule has 0 saturated heterocycles. The molecular weight excluding hydrogens is 197 g/mol. The first kappa shape index (κ1) is 11.5. The summed E-state index contributed by atoms with van der Waals surface area (Å²) in [6, 6.07) is 5.51. The van der Waals surface area contributed by atoms with Gasteiger partial charge in [0.1, 0.15) is 5.82 Å². The van der Waals surface area contributed by atoms with Gasteiger partial charge in [-0.25, -0.2) is 9.18 Å². The number of ether oxygens (including phenoxy) is 1. The molecule has 1 aromatic rings. The Morgan fingerprint density at radius 2 is 2.00 bits per heavy atom. The van der Waals surface area contributed by atoms with Crippen LogP contribution in [-0.4, -0.2) is 12.7 Å². The largest absolute Gasteiger partial charge is 0.449 e. The van der Waals surface area contributed by atoms with Crippen molar-refractivity contribution in [1.29, 1.82) is 0 Å². The van der Waals surface area contributed by atoms with Gasteiger partial charge in [0.25, 0.3) is 0 Å². The molecule has 0 unspecified atom stereocenters. The molecule has 0 aromatic heterocycles. The van der Waals surface area contributed by atoms with Crippen molar-refractivity contribution >= 4 is 11.8 Å². The molecule has 0 aliphatic heterocycles. The molecule has 3 nitrogen and oxygen atoms in total. The maximum atomic E-state index is 12.5. The summed E-state index contributed by atoms with van der Waals surface area (Å²) in [6.07, 6.45) is -0.518. The van der Waals surface area contributed by atoms with Crippen LogP contribution in [0.25, 0.3) is 0 Å². The molecule has 1 aromatic carbocycles. The van der Waals surface area contributed by atoms with E-state index in [2.05, 4.69) is 5.32 Å². The van der Waals surface area contributed by atoms with Crippen molar-refractivity contribution in [2.75, 3.05) is 11.9 Å². The molecule has 0 fully saturated rings. The van der Waals surface area contributed by atoms with Crippen molar-refractivity contribution in [3.8, 4) is 0 Å². The van der Waals surface area contributed by atoms with Gasteiger partial charge in [0.2, 0.25) is 0 Å². The van der Waals surface area contributed by atoms with Crippen LogP contribution in [-0.2, 0) is 4.74 Å². The number of carbonyl (C=O) groups is 1. The van der Waals surface area contributed by atoms with Crippen LogP contribution in [0.1, 0.15) is 13.8 Å². The summed E-state index contributed by atoms with van der Waals surface area (Å²) in [5.74, 6) is -0.0416. The highest BCUT2D eigenvalue weighted by Crippen LogP contribution is 2.08. The van der Waals surface area contributed by atoms with Gasteiger partial charge in [-0.3, -0.25) is 5.32 Å². The van der Waals surface area contributed by atoms with E-state index in [4.69, 9.17) is 4.74 Å². The van der Waals surface area contributed by atoms with E-state index in [1.807, 2.05) is 13.8 Å². The second-order valence-electron chi connectivity index (χ2n) is 3.62. The highest BCUT2D eigenvalue weighted by Gasteiger charge is 2.04. The summed E-state index contributed by atoms with van der Waals surface area (Å²) >= 11 is 0. The van der Waals surface area contributed by atoms with E-state index in [0.29, 0.717) is 18.2 Å². The molecule has 4 heteroatoms. The quantitative estimate of drug-likeness (QED) is 0.834. The molecule has 0 spiro atoms. The average molecular weight is 211 g/mol. The fourth-order valence-corrected chi connectivity index (χ4v) is 0.930. The standard InChI is InChI=1S/C11H14FNO2/c1-8(2)7-15-11(14)13-10-5-3-9(12)4-6-10/h3-6,8H,7H2,1-2H3,(H,13,14). The number of rotatable bonds is 3. The van der Waals surface area contributed by atoms with Crippen LogP contribution in [0.2, 0.25) is 0 Å². The van der Waals surface area contributed by atoms with Gasteiger partial charge in [0.15, 0.2) is 0 Å². The van der Waals surface area contributed by atoms with Gasteiger partial charge in [-0.1, -0.05) is 13.8 Å². The van der Waals surface area contributed by atoms with Crippen molar-refractivity contribution in [1.82, 2.24) is 0 Å². The minimum Gasteiger partial charge on any atom is -0.449 e. The second kappa shape index (κ2) is 5.34. The molecule has 1 amide bonds. The number of anilines is 1. The van der Waals surface area contributed by atoms with Gasteiger partial charge in [-0.15, -0.1) is 0 Å². The normalized spacial score (nSPS) is 10.1. The molecule has 0 heterocycles. The van der Waals surface area contributed by atoms with Gasteiger partial charge in [0, 0.05) is 5.69 Å². The number of amides is 1. The third kappa shape index (κ3) is 4.44. The monoisotopic (exact) mass is 211 g/mol. The van der Waals surface area contributed by atoms with Gasteiger partial charge in [-0.05, 0) is 30.2 Å². The zero-order chi connectivity index (χ0) is 11.3. The second-order valence-corrected chi connectivity index (χ2v) is 3.62. The molecule has 0 saturated carbocycles. The third-order valence-electron chi connectivity index (χ3n) is 1.64. The fraction of sp³-hybridized carbons (Fsp3) is 0.364. The van der Waals surface area contributed by atoms with E-state index in [1.165, 1.54) is 24.3 Å². The Morgan fingerprint density at radius 3 is 2.53 bits per heavy atom. The lowest BCUT2D eigenvalue weighted by Gasteiger charge is -2.08. The minimum atomic E-state index is -0.518. The smallest absolute Gasteiger partial charge is 0.411 e. The third-order valence-corrected chi connectivity index (χ3v) is 1.64. The van der Waals surface area contributed by atoms with Gasteiger partial charge in [0.05, 0.1) is 6.61 Å². The van der Waals surface area contributed by atoms with Crippen molar-refractivity contribution in [2.24, 2.45) is 5.92 Å². The van der Waals surface area contributed by atoms with Crippen molar-refractivity contribution < 1.29 is 13.9 Å². The van der Waals surface area contributed by atoms with Crippen LogP contribution in [0.3, 0.4) is 0 Å². The van der Waals surface area contributed by atoms with E-state index in [0.717, 1.165) is 0 Å². The maximum Gasteiger partial charge on any atom is 0.411 e. The molecule has 1 rings (SSSR count). The summed E-state index contributed by atoms with van der Waals surface area (Å²) in [7, 11) is 0. The van der Waals surface area contributed by atoms with Crippen LogP contribution in [0.5, 0.6) is 0 Å². The Kier molecular flexibility index (Phi) is 4.09. The fourth-order valence-electron chi connectivity index (χ4n) is 0.930. The number of benzene rings is 1. The van der Waals surface area contributed by atoms with E-state index < -0.39 is 6.09 Å². The van der Waals surface area contributed by atoms with Gasteiger partial charge < -0.3 is 4.74 Å². The molecule has 15 heavy (non-hydrogen) atoms. The van der Waals surface area contributed by atoms with E-state index in [-0.39, 0.29) is 5.82 Å².